The molecule has 230 valence electrons. The van der Waals surface area contributed by atoms with Crippen molar-refractivity contribution >= 4 is 45.7 Å². The van der Waals surface area contributed by atoms with Crippen LogP contribution in [0, 0.1) is 0 Å². The van der Waals surface area contributed by atoms with Gasteiger partial charge in [0.25, 0.3) is 5.91 Å². The standard InChI is InChI=1S/C34H31N3O6S2/c1-40-27-15-13-22(17-29(27)42-3)26-20-44-34(36-26)37-33(39)31(21-9-6-5-7-10-21)45-25-12-8-11-24(19-25)35-32(38)23-14-16-28(41-2)30(18-23)43-4/h5-20,31H,1-4H3,(H,35,38)(H,36,37,39). The van der Waals surface area contributed by atoms with Gasteiger partial charge in [0.05, 0.1) is 34.1 Å². The van der Waals surface area contributed by atoms with Gasteiger partial charge in [0, 0.05) is 27.1 Å². The third kappa shape index (κ3) is 7.57. The van der Waals surface area contributed by atoms with Crippen molar-refractivity contribution in [1.82, 2.24) is 4.98 Å². The van der Waals surface area contributed by atoms with Crippen LogP contribution in [-0.4, -0.2) is 45.2 Å². The molecule has 0 aliphatic rings. The second kappa shape index (κ2) is 14.7. The highest BCUT2D eigenvalue weighted by molar-refractivity contribution is 8.00. The zero-order valence-electron chi connectivity index (χ0n) is 25.0. The lowest BCUT2D eigenvalue weighted by molar-refractivity contribution is -0.115. The average molecular weight is 642 g/mol. The predicted octanol–water partition coefficient (Wildman–Crippen LogP) is 7.57. The number of amides is 2. The molecule has 1 atom stereocenters. The van der Waals surface area contributed by atoms with Crippen LogP contribution < -0.4 is 29.6 Å². The molecule has 0 spiro atoms. The summed E-state index contributed by atoms with van der Waals surface area (Å²) in [5.74, 6) is 1.69. The fraction of sp³-hybridized carbons (Fsp3) is 0.147. The van der Waals surface area contributed by atoms with Crippen molar-refractivity contribution < 1.29 is 28.5 Å². The molecule has 5 aromatic rings. The van der Waals surface area contributed by atoms with E-state index in [-0.39, 0.29) is 11.8 Å². The molecule has 11 heteroatoms. The van der Waals surface area contributed by atoms with Crippen LogP contribution in [0.4, 0.5) is 10.8 Å². The van der Waals surface area contributed by atoms with E-state index in [4.69, 9.17) is 18.9 Å². The first kappa shape index (κ1) is 31.4. The number of thiazole rings is 1. The Balaban J connectivity index is 1.33. The van der Waals surface area contributed by atoms with Gasteiger partial charge in [-0.05, 0) is 60.2 Å². The second-order valence-corrected chi connectivity index (χ2v) is 11.6. The number of thioether (sulfide) groups is 1. The molecule has 0 saturated heterocycles. The van der Waals surface area contributed by atoms with E-state index in [1.54, 1.807) is 38.5 Å². The van der Waals surface area contributed by atoms with E-state index in [1.807, 2.05) is 72.1 Å². The van der Waals surface area contributed by atoms with Crippen molar-refractivity contribution in [3.63, 3.8) is 0 Å². The van der Waals surface area contributed by atoms with Gasteiger partial charge in [0.2, 0.25) is 5.91 Å². The summed E-state index contributed by atoms with van der Waals surface area (Å²) in [6.07, 6.45) is 0. The first-order valence-electron chi connectivity index (χ1n) is 13.8. The Kier molecular flexibility index (Phi) is 10.2. The molecule has 2 N–H and O–H groups in total. The van der Waals surface area contributed by atoms with Crippen molar-refractivity contribution in [2.24, 2.45) is 0 Å². The van der Waals surface area contributed by atoms with E-state index >= 15 is 0 Å². The average Bonchev–Trinajstić information content (AvgIpc) is 3.55. The molecule has 1 heterocycles. The number of anilines is 2. The maximum absolute atomic E-state index is 13.7. The number of nitrogens with zero attached hydrogens (tertiary/aromatic N) is 1. The monoisotopic (exact) mass is 641 g/mol. The van der Waals surface area contributed by atoms with E-state index in [2.05, 4.69) is 15.6 Å². The molecule has 2 amide bonds. The fourth-order valence-corrected chi connectivity index (χ4v) is 6.30. The lowest BCUT2D eigenvalue weighted by Crippen LogP contribution is -2.19. The molecule has 45 heavy (non-hydrogen) atoms. The van der Waals surface area contributed by atoms with Crippen LogP contribution in [0.2, 0.25) is 0 Å². The molecule has 0 bridgehead atoms. The van der Waals surface area contributed by atoms with Gasteiger partial charge in [-0.1, -0.05) is 36.4 Å². The minimum atomic E-state index is -0.587. The highest BCUT2D eigenvalue weighted by Crippen LogP contribution is 2.38. The molecule has 5 rings (SSSR count). The Morgan fingerprint density at radius 2 is 1.42 bits per heavy atom. The van der Waals surface area contributed by atoms with Crippen molar-refractivity contribution in [3.8, 4) is 34.3 Å². The van der Waals surface area contributed by atoms with Gasteiger partial charge in [-0.15, -0.1) is 23.1 Å². The molecule has 0 aliphatic carbocycles. The molecule has 4 aromatic carbocycles. The number of hydrogen-bond donors (Lipinski definition) is 2. The van der Waals surface area contributed by atoms with Crippen molar-refractivity contribution in [3.05, 3.63) is 108 Å². The van der Waals surface area contributed by atoms with Crippen LogP contribution in [0.1, 0.15) is 21.2 Å². The Bertz CT molecular complexity index is 1790. The Morgan fingerprint density at radius 1 is 0.733 bits per heavy atom. The van der Waals surface area contributed by atoms with Gasteiger partial charge in [0.15, 0.2) is 28.1 Å². The van der Waals surface area contributed by atoms with Gasteiger partial charge in [-0.2, -0.15) is 0 Å². The Morgan fingerprint density at radius 3 is 2.13 bits per heavy atom. The summed E-state index contributed by atoms with van der Waals surface area (Å²) in [7, 11) is 6.22. The third-order valence-electron chi connectivity index (χ3n) is 6.75. The van der Waals surface area contributed by atoms with Crippen molar-refractivity contribution in [2.75, 3.05) is 39.1 Å². The van der Waals surface area contributed by atoms with Gasteiger partial charge >= 0.3 is 0 Å². The number of ether oxygens (including phenoxy) is 4. The number of carbonyl (C=O) groups excluding carboxylic acids is 2. The van der Waals surface area contributed by atoms with Crippen LogP contribution >= 0.6 is 23.1 Å². The number of rotatable bonds is 12. The SMILES string of the molecule is COc1ccc(C(=O)Nc2cccc(SC(C(=O)Nc3nc(-c4ccc(OC)c(OC)c4)cs3)c3ccccc3)c2)cc1OC. The molecule has 1 aromatic heterocycles. The van der Waals surface area contributed by atoms with Crippen LogP contribution in [0.5, 0.6) is 23.0 Å². The summed E-state index contributed by atoms with van der Waals surface area (Å²) >= 11 is 2.71. The number of methoxy groups -OCH3 is 4. The number of nitrogens with one attached hydrogen (secondary N) is 2. The first-order chi connectivity index (χ1) is 21.9. The highest BCUT2D eigenvalue weighted by atomic mass is 32.2. The maximum atomic E-state index is 13.7. The molecule has 0 fully saturated rings. The molecule has 1 unspecified atom stereocenters. The van der Waals surface area contributed by atoms with E-state index in [1.165, 1.54) is 37.3 Å². The zero-order valence-corrected chi connectivity index (χ0v) is 26.7. The third-order valence-corrected chi connectivity index (χ3v) is 8.75. The summed E-state index contributed by atoms with van der Waals surface area (Å²) < 4.78 is 21.4. The topological polar surface area (TPSA) is 108 Å². The summed E-state index contributed by atoms with van der Waals surface area (Å²) in [6.45, 7) is 0. The number of carbonyl (C=O) groups is 2. The van der Waals surface area contributed by atoms with Crippen LogP contribution in [0.3, 0.4) is 0 Å². The van der Waals surface area contributed by atoms with Crippen LogP contribution in [0.25, 0.3) is 11.3 Å². The number of benzene rings is 4. The number of aromatic nitrogens is 1. The molecule has 9 nitrogen and oxygen atoms in total. The van der Waals surface area contributed by atoms with Crippen LogP contribution in [0.15, 0.2) is 101 Å². The summed E-state index contributed by atoms with van der Waals surface area (Å²) in [4.78, 5) is 32.2. The largest absolute Gasteiger partial charge is 0.493 e. The maximum Gasteiger partial charge on any atom is 0.255 e. The first-order valence-corrected chi connectivity index (χ1v) is 15.5. The van der Waals surface area contributed by atoms with Crippen LogP contribution in [-0.2, 0) is 4.79 Å². The van der Waals surface area contributed by atoms with E-state index in [0.29, 0.717) is 45.1 Å². The molecular formula is C34H31N3O6S2. The summed E-state index contributed by atoms with van der Waals surface area (Å²) in [6, 6.07) is 27.4. The minimum absolute atomic E-state index is 0.223. The summed E-state index contributed by atoms with van der Waals surface area (Å²) in [5.41, 5.74) is 3.38. The zero-order chi connectivity index (χ0) is 31.8. The molecular weight excluding hydrogens is 611 g/mol. The van der Waals surface area contributed by atoms with Crippen molar-refractivity contribution in [2.45, 2.75) is 10.1 Å². The normalized spacial score (nSPS) is 11.3. The molecule has 0 aliphatic heterocycles. The smallest absolute Gasteiger partial charge is 0.255 e. The molecule has 0 saturated carbocycles. The van der Waals surface area contributed by atoms with Gasteiger partial charge in [-0.25, -0.2) is 4.98 Å². The quantitative estimate of drug-likeness (QED) is 0.134. The highest BCUT2D eigenvalue weighted by Gasteiger charge is 2.24. The lowest BCUT2D eigenvalue weighted by atomic mass is 10.1. The van der Waals surface area contributed by atoms with E-state index in [0.717, 1.165) is 16.0 Å². The molecule has 0 radical (unpaired) electrons. The van der Waals surface area contributed by atoms with Gasteiger partial charge in [0.1, 0.15) is 5.25 Å². The van der Waals surface area contributed by atoms with E-state index in [9.17, 15) is 9.59 Å². The number of hydrogen-bond acceptors (Lipinski definition) is 9. The van der Waals surface area contributed by atoms with Gasteiger partial charge in [-0.3, -0.25) is 9.59 Å². The van der Waals surface area contributed by atoms with Crippen molar-refractivity contribution in [1.29, 1.82) is 0 Å². The lowest BCUT2D eigenvalue weighted by Gasteiger charge is -2.17. The second-order valence-electron chi connectivity index (χ2n) is 9.56. The Hall–Kier alpha value is -5.00. The predicted molar refractivity (Wildman–Crippen MR) is 178 cm³/mol. The Labute approximate surface area is 269 Å². The van der Waals surface area contributed by atoms with E-state index < -0.39 is 5.25 Å². The van der Waals surface area contributed by atoms with Gasteiger partial charge < -0.3 is 29.6 Å². The fourth-order valence-electron chi connectivity index (χ4n) is 4.49. The summed E-state index contributed by atoms with van der Waals surface area (Å²) in [5, 5.41) is 7.69. The minimum Gasteiger partial charge on any atom is -0.493 e.